The van der Waals surface area contributed by atoms with Crippen molar-refractivity contribution < 1.29 is 27.3 Å². The number of carbonyl (C=O) groups excluding carboxylic acids is 2. The lowest BCUT2D eigenvalue weighted by atomic mass is 10.0. The number of carbonyl (C=O) groups is 2. The predicted molar refractivity (Wildman–Crippen MR) is 140 cm³/mol. The third-order valence-electron chi connectivity index (χ3n) is 6.13. The summed E-state index contributed by atoms with van der Waals surface area (Å²) in [6.07, 6.45) is 0.121. The number of hydrogen-bond donors (Lipinski definition) is 2. The van der Waals surface area contributed by atoms with Gasteiger partial charge in [-0.1, -0.05) is 35.9 Å². The van der Waals surface area contributed by atoms with Crippen LogP contribution in [0.3, 0.4) is 0 Å². The summed E-state index contributed by atoms with van der Waals surface area (Å²) >= 11 is 5.71. The van der Waals surface area contributed by atoms with Crippen LogP contribution in [0, 0.1) is 17.5 Å². The van der Waals surface area contributed by atoms with Crippen molar-refractivity contribution in [1.29, 1.82) is 0 Å². The van der Waals surface area contributed by atoms with Crippen LogP contribution in [-0.2, 0) is 9.36 Å². The van der Waals surface area contributed by atoms with Crippen LogP contribution < -0.4 is 20.8 Å². The van der Waals surface area contributed by atoms with E-state index in [0.717, 1.165) is 11.0 Å². The molecule has 194 valence electrons. The second-order valence-corrected chi connectivity index (χ2v) is 12.8. The molecular formula is C26H24ClF3N3O3P. The van der Waals surface area contributed by atoms with Crippen molar-refractivity contribution in [3.8, 4) is 11.1 Å². The zero-order valence-corrected chi connectivity index (χ0v) is 21.8. The van der Waals surface area contributed by atoms with E-state index in [2.05, 4.69) is 10.6 Å². The molecule has 1 saturated heterocycles. The maximum Gasteiger partial charge on any atom is 0.319 e. The lowest BCUT2D eigenvalue weighted by Crippen LogP contribution is -2.44. The van der Waals surface area contributed by atoms with Crippen molar-refractivity contribution in [2.45, 2.75) is 25.4 Å². The number of amides is 3. The molecule has 4 rings (SSSR count). The van der Waals surface area contributed by atoms with Crippen molar-refractivity contribution in [2.24, 2.45) is 0 Å². The van der Waals surface area contributed by atoms with Gasteiger partial charge in [0.15, 0.2) is 11.6 Å². The first-order valence-electron chi connectivity index (χ1n) is 11.4. The van der Waals surface area contributed by atoms with Crippen molar-refractivity contribution in [1.82, 2.24) is 5.32 Å². The Hall–Kier alpha value is -3.29. The summed E-state index contributed by atoms with van der Waals surface area (Å²) in [6.45, 7) is 4.73. The second-order valence-electron chi connectivity index (χ2n) is 9.20. The standard InChI is InChI=1S/C26H24ClF3N3O3P/c1-14-12-20(32-26(35)31-19-10-8-15(27)13-18(19)28)25(34)33(14)21-11-9-17(23(29)24(21)30)16-6-4-5-7-22(16)37(2,3)36/h4-11,13-14,20H,12H2,1-3H3,(H2,31,32,35). The zero-order chi connectivity index (χ0) is 27.1. The molecule has 0 aromatic heterocycles. The number of hydrogen-bond acceptors (Lipinski definition) is 3. The average molecular weight is 550 g/mol. The predicted octanol–water partition coefficient (Wildman–Crippen LogP) is 5.99. The smallest absolute Gasteiger partial charge is 0.319 e. The molecule has 37 heavy (non-hydrogen) atoms. The van der Waals surface area contributed by atoms with Crippen LogP contribution in [0.2, 0.25) is 5.02 Å². The molecule has 0 bridgehead atoms. The van der Waals surface area contributed by atoms with Crippen molar-refractivity contribution in [3.63, 3.8) is 0 Å². The minimum absolute atomic E-state index is 0.0703. The molecule has 2 atom stereocenters. The number of nitrogens with zero attached hydrogens (tertiary/aromatic N) is 1. The summed E-state index contributed by atoms with van der Waals surface area (Å²) in [5, 5.41) is 5.33. The van der Waals surface area contributed by atoms with Gasteiger partial charge in [0.05, 0.1) is 11.4 Å². The maximum atomic E-state index is 15.3. The molecule has 0 aliphatic carbocycles. The Morgan fingerprint density at radius 1 is 1.03 bits per heavy atom. The van der Waals surface area contributed by atoms with Crippen molar-refractivity contribution in [2.75, 3.05) is 23.5 Å². The van der Waals surface area contributed by atoms with Crippen LogP contribution in [0.15, 0.2) is 54.6 Å². The van der Waals surface area contributed by atoms with E-state index in [1.54, 1.807) is 44.5 Å². The van der Waals surface area contributed by atoms with Gasteiger partial charge in [-0.25, -0.2) is 18.0 Å². The number of halogens is 4. The Bertz CT molecular complexity index is 1450. The summed E-state index contributed by atoms with van der Waals surface area (Å²) in [7, 11) is -2.79. The quantitative estimate of drug-likeness (QED) is 0.384. The van der Waals surface area contributed by atoms with Gasteiger partial charge < -0.3 is 20.1 Å². The highest BCUT2D eigenvalue weighted by Crippen LogP contribution is 2.41. The van der Waals surface area contributed by atoms with E-state index >= 15 is 8.78 Å². The fourth-order valence-corrected chi connectivity index (χ4v) is 5.80. The first kappa shape index (κ1) is 26.8. The van der Waals surface area contributed by atoms with Crippen LogP contribution in [-0.4, -0.2) is 37.4 Å². The summed E-state index contributed by atoms with van der Waals surface area (Å²) in [5.41, 5.74) is -0.171. The molecule has 0 saturated carbocycles. The van der Waals surface area contributed by atoms with E-state index < -0.39 is 48.6 Å². The molecule has 2 unspecified atom stereocenters. The van der Waals surface area contributed by atoms with Crippen molar-refractivity contribution in [3.05, 3.63) is 77.1 Å². The van der Waals surface area contributed by atoms with Gasteiger partial charge in [-0.05, 0) is 62.6 Å². The summed E-state index contributed by atoms with van der Waals surface area (Å²) in [4.78, 5) is 26.6. The van der Waals surface area contributed by atoms with Crippen LogP contribution in [0.4, 0.5) is 29.3 Å². The van der Waals surface area contributed by atoms with Crippen molar-refractivity contribution >= 4 is 47.4 Å². The molecule has 1 aliphatic rings. The largest absolute Gasteiger partial charge is 0.326 e. The lowest BCUT2D eigenvalue weighted by Gasteiger charge is -2.23. The number of urea groups is 1. The third kappa shape index (κ3) is 5.38. The van der Waals surface area contributed by atoms with Crippen LogP contribution in [0.5, 0.6) is 0 Å². The molecule has 1 fully saturated rings. The van der Waals surface area contributed by atoms with E-state index in [-0.39, 0.29) is 28.4 Å². The van der Waals surface area contributed by atoms with E-state index in [4.69, 9.17) is 11.6 Å². The van der Waals surface area contributed by atoms with Gasteiger partial charge in [0.25, 0.3) is 0 Å². The van der Waals surface area contributed by atoms with E-state index in [0.29, 0.717) is 10.9 Å². The van der Waals surface area contributed by atoms with E-state index in [1.165, 1.54) is 24.3 Å². The molecule has 1 heterocycles. The lowest BCUT2D eigenvalue weighted by molar-refractivity contribution is -0.118. The Morgan fingerprint density at radius 3 is 2.41 bits per heavy atom. The Balaban J connectivity index is 1.57. The fourth-order valence-electron chi connectivity index (χ4n) is 4.42. The van der Waals surface area contributed by atoms with Crippen LogP contribution in [0.25, 0.3) is 11.1 Å². The molecule has 0 spiro atoms. The topological polar surface area (TPSA) is 78.5 Å². The Kier molecular flexibility index (Phi) is 7.40. The molecule has 6 nitrogen and oxygen atoms in total. The van der Waals surface area contributed by atoms with Gasteiger partial charge in [0, 0.05) is 21.9 Å². The van der Waals surface area contributed by atoms with Gasteiger partial charge >= 0.3 is 6.03 Å². The average Bonchev–Trinajstić information content (AvgIpc) is 3.09. The molecule has 3 amide bonds. The molecule has 3 aromatic carbocycles. The first-order chi connectivity index (χ1) is 17.4. The normalized spacial score (nSPS) is 17.7. The minimum atomic E-state index is -2.79. The Labute approximate surface area is 217 Å². The molecular weight excluding hydrogens is 526 g/mol. The van der Waals surface area contributed by atoms with E-state index in [1.807, 2.05) is 0 Å². The minimum Gasteiger partial charge on any atom is -0.326 e. The van der Waals surface area contributed by atoms with Crippen LogP contribution in [0.1, 0.15) is 13.3 Å². The summed E-state index contributed by atoms with van der Waals surface area (Å²) in [6, 6.07) is 10.4. The highest BCUT2D eigenvalue weighted by atomic mass is 35.5. The monoisotopic (exact) mass is 549 g/mol. The number of rotatable bonds is 5. The molecule has 3 aromatic rings. The molecule has 0 radical (unpaired) electrons. The number of nitrogens with one attached hydrogen (secondary N) is 2. The van der Waals surface area contributed by atoms with Gasteiger partial charge in [0.2, 0.25) is 5.91 Å². The fraction of sp³-hybridized carbons (Fsp3) is 0.231. The van der Waals surface area contributed by atoms with Gasteiger partial charge in [0.1, 0.15) is 19.0 Å². The Morgan fingerprint density at radius 2 is 1.73 bits per heavy atom. The first-order valence-corrected chi connectivity index (χ1v) is 14.3. The summed E-state index contributed by atoms with van der Waals surface area (Å²) in [5.74, 6) is -3.80. The highest BCUT2D eigenvalue weighted by Gasteiger charge is 2.40. The molecule has 2 N–H and O–H groups in total. The maximum absolute atomic E-state index is 15.3. The number of benzene rings is 3. The number of anilines is 2. The van der Waals surface area contributed by atoms with Crippen LogP contribution >= 0.6 is 18.7 Å². The molecule has 11 heteroatoms. The van der Waals surface area contributed by atoms with Gasteiger partial charge in [-0.2, -0.15) is 0 Å². The SMILES string of the molecule is CC1CC(NC(=O)Nc2ccc(Cl)cc2F)C(=O)N1c1ccc(-c2ccccc2P(C)(C)=O)c(F)c1F. The second kappa shape index (κ2) is 10.2. The van der Waals surface area contributed by atoms with Gasteiger partial charge in [-0.3, -0.25) is 4.79 Å². The molecule has 1 aliphatic heterocycles. The summed E-state index contributed by atoms with van der Waals surface area (Å²) < 4.78 is 57.3. The third-order valence-corrected chi connectivity index (χ3v) is 7.92. The van der Waals surface area contributed by atoms with E-state index in [9.17, 15) is 18.5 Å². The highest BCUT2D eigenvalue weighted by molar-refractivity contribution is 7.70. The zero-order valence-electron chi connectivity index (χ0n) is 20.2. The van der Waals surface area contributed by atoms with Gasteiger partial charge in [-0.15, -0.1) is 0 Å².